The normalized spacial score (nSPS) is 21.7. The number of benzene rings is 3. The molecule has 29 heteroatoms. The molecule has 3 fully saturated rings. The number of hydrogen-bond acceptors (Lipinski definition) is 21. The number of amides is 8. The van der Waals surface area contributed by atoms with Gasteiger partial charge in [-0.25, -0.2) is 0 Å². The summed E-state index contributed by atoms with van der Waals surface area (Å²) < 4.78 is 45.2. The molecule has 12 N–H and O–H groups in total. The zero-order chi connectivity index (χ0) is 69.1. The molecule has 29 nitrogen and oxygen atoms in total. The van der Waals surface area contributed by atoms with Crippen LogP contribution in [0.4, 0.5) is 5.69 Å². The van der Waals surface area contributed by atoms with Gasteiger partial charge < -0.3 is 106 Å². The van der Waals surface area contributed by atoms with Crippen LogP contribution in [0.3, 0.4) is 0 Å². The summed E-state index contributed by atoms with van der Waals surface area (Å²) in [5, 5.41) is 64.2. The topological polar surface area (TPSA) is 391 Å². The van der Waals surface area contributed by atoms with E-state index in [1.54, 1.807) is 36.4 Å². The fourth-order valence-corrected chi connectivity index (χ4v) is 9.93. The molecule has 10 atom stereocenters. The second kappa shape index (κ2) is 42.9. The van der Waals surface area contributed by atoms with E-state index in [2.05, 4.69) is 47.4 Å². The molecular formula is C66H99N9O20. The maximum absolute atomic E-state index is 12.8. The van der Waals surface area contributed by atoms with Crippen molar-refractivity contribution in [3.05, 3.63) is 90.0 Å². The van der Waals surface area contributed by atoms with Gasteiger partial charge in [-0.05, 0) is 114 Å². The van der Waals surface area contributed by atoms with E-state index in [0.717, 1.165) is 44.5 Å². The average molecular weight is 1340 g/mol. The highest BCUT2D eigenvalue weighted by atomic mass is 16.7. The molecule has 10 unspecified atom stereocenters. The van der Waals surface area contributed by atoms with Gasteiger partial charge in [0.15, 0.2) is 12.6 Å². The molecule has 0 aliphatic carbocycles. The lowest BCUT2D eigenvalue weighted by molar-refractivity contribution is -0.262. The van der Waals surface area contributed by atoms with Crippen molar-refractivity contribution in [1.82, 2.24) is 42.5 Å². The number of carbonyl (C=O) groups is 8. The van der Waals surface area contributed by atoms with Crippen molar-refractivity contribution in [2.24, 2.45) is 0 Å². The standard InChI is InChI=1S/C34H48N4O10.C32H51N5O10/c1-22(2)46-21-37-29(41)19-28(40)35-17-9-4-5-10-18-45-34-30(38-23(3)39)32(43)31(42)27(48-34)20-36-33(44)24-13-15-26(16-14-24)47-25-11-7-6-8-12-25;1-21(2)46-20-35-27(40)18-26(39)33-12-6-4-5-7-15-45-32-28(36-22(3)38)30(42)29(41)25(47-32)19-34-31(43)23-8-10-24(11-9-23)37-13-16-44-17-14-37/h6-8,11-16,22,27,30-32,34,42-43H,4-5,9-10,17-21H2,1-3H3,(H,35,40)(H,36,44)(H,37,41)(H,38,39);8-11,21,25,28-30,32,41-42H,4-7,12-20H2,1-3H3,(H,33,39)(H,34,43)(H,35,40)(H,36,38). The van der Waals surface area contributed by atoms with Crippen LogP contribution in [-0.4, -0.2) is 220 Å². The van der Waals surface area contributed by atoms with Gasteiger partial charge in [0.1, 0.15) is 86.5 Å². The molecule has 6 rings (SSSR count). The van der Waals surface area contributed by atoms with Gasteiger partial charge in [0.05, 0.1) is 25.4 Å². The Hall–Kier alpha value is -7.42. The van der Waals surface area contributed by atoms with Gasteiger partial charge in [0.25, 0.3) is 11.8 Å². The van der Waals surface area contributed by atoms with E-state index >= 15 is 0 Å². The quantitative estimate of drug-likeness (QED) is 0.0221. The van der Waals surface area contributed by atoms with E-state index in [1.807, 2.05) is 70.2 Å². The highest BCUT2D eigenvalue weighted by molar-refractivity contribution is 5.97. The first-order chi connectivity index (χ1) is 45.6. The van der Waals surface area contributed by atoms with Crippen molar-refractivity contribution < 1.29 is 96.7 Å². The van der Waals surface area contributed by atoms with Gasteiger partial charge >= 0.3 is 0 Å². The van der Waals surface area contributed by atoms with Crippen LogP contribution in [0.25, 0.3) is 0 Å². The molecule has 3 aliphatic rings. The maximum atomic E-state index is 12.8. The third-order valence-electron chi connectivity index (χ3n) is 15.0. The monoisotopic (exact) mass is 1340 g/mol. The number of morpholine rings is 1. The highest BCUT2D eigenvalue weighted by Crippen LogP contribution is 2.26. The second-order valence-electron chi connectivity index (χ2n) is 23.5. The van der Waals surface area contributed by atoms with E-state index in [-0.39, 0.29) is 82.5 Å². The summed E-state index contributed by atoms with van der Waals surface area (Å²) in [6, 6.07) is 21.0. The van der Waals surface area contributed by atoms with Crippen LogP contribution in [0.5, 0.6) is 11.5 Å². The minimum absolute atomic E-state index is 0.0186. The molecule has 0 bridgehead atoms. The van der Waals surface area contributed by atoms with Gasteiger partial charge in [0, 0.05) is 83.1 Å². The summed E-state index contributed by atoms with van der Waals surface area (Å²) >= 11 is 0. The van der Waals surface area contributed by atoms with Crippen LogP contribution in [0.1, 0.15) is 126 Å². The summed E-state index contributed by atoms with van der Waals surface area (Å²) in [6.07, 6.45) is -4.47. The minimum Gasteiger partial charge on any atom is -0.457 e. The number of carbonyl (C=O) groups excluding carboxylic acids is 8. The molecular weight excluding hydrogens is 1240 g/mol. The molecule has 0 saturated carbocycles. The Labute approximate surface area is 555 Å². The average Bonchev–Trinajstić information content (AvgIpc) is 0.836. The molecule has 0 spiro atoms. The summed E-state index contributed by atoms with van der Waals surface area (Å²) in [7, 11) is 0. The van der Waals surface area contributed by atoms with Crippen LogP contribution >= 0.6 is 0 Å². The molecule has 3 heterocycles. The first-order valence-electron chi connectivity index (χ1n) is 32.5. The van der Waals surface area contributed by atoms with Crippen molar-refractivity contribution >= 4 is 52.9 Å². The van der Waals surface area contributed by atoms with Gasteiger partial charge in [0.2, 0.25) is 35.4 Å². The van der Waals surface area contributed by atoms with Crippen molar-refractivity contribution in [3.8, 4) is 11.5 Å². The number of anilines is 1. The molecule has 3 saturated heterocycles. The summed E-state index contributed by atoms with van der Waals surface area (Å²) in [4.78, 5) is 98.8. The van der Waals surface area contributed by atoms with Crippen LogP contribution in [0.15, 0.2) is 78.9 Å². The number of hydrogen-bond donors (Lipinski definition) is 12. The Bertz CT molecular complexity index is 2800. The largest absolute Gasteiger partial charge is 0.457 e. The van der Waals surface area contributed by atoms with E-state index in [9.17, 15) is 58.8 Å². The molecule has 3 aromatic rings. The summed E-state index contributed by atoms with van der Waals surface area (Å²) in [5.41, 5.74) is 1.80. The number of unbranched alkanes of at least 4 members (excludes halogenated alkanes) is 6. The zero-order valence-electron chi connectivity index (χ0n) is 55.3. The number of aliphatic hydroxyl groups excluding tert-OH is 4. The van der Waals surface area contributed by atoms with E-state index in [0.29, 0.717) is 74.6 Å². The number of ether oxygens (including phenoxy) is 8. The lowest BCUT2D eigenvalue weighted by atomic mass is 9.96. The van der Waals surface area contributed by atoms with Gasteiger partial charge in [-0.3, -0.25) is 38.4 Å². The lowest BCUT2D eigenvalue weighted by Gasteiger charge is -2.42. The van der Waals surface area contributed by atoms with Crippen LogP contribution < -0.4 is 52.2 Å². The Morgan fingerprint density at radius 3 is 1.32 bits per heavy atom. The van der Waals surface area contributed by atoms with Crippen molar-refractivity contribution in [2.75, 3.05) is 84.1 Å². The minimum atomic E-state index is -1.41. The molecule has 528 valence electrons. The first kappa shape index (κ1) is 78.3. The Morgan fingerprint density at radius 1 is 0.495 bits per heavy atom. The van der Waals surface area contributed by atoms with Gasteiger partial charge in [-0.15, -0.1) is 0 Å². The molecule has 0 radical (unpaired) electrons. The fourth-order valence-electron chi connectivity index (χ4n) is 9.93. The summed E-state index contributed by atoms with van der Waals surface area (Å²) in [5.74, 6) is -1.93. The lowest BCUT2D eigenvalue weighted by Crippen LogP contribution is -2.65. The predicted molar refractivity (Wildman–Crippen MR) is 346 cm³/mol. The number of para-hydroxylation sites is 1. The van der Waals surface area contributed by atoms with E-state index in [4.69, 9.17) is 37.9 Å². The Morgan fingerprint density at radius 2 is 0.895 bits per heavy atom. The Kier molecular flexibility index (Phi) is 35.3. The van der Waals surface area contributed by atoms with Gasteiger partial charge in [-0.2, -0.15) is 0 Å². The Balaban J connectivity index is 0.000000344. The van der Waals surface area contributed by atoms with Crippen LogP contribution in [-0.2, 0) is 61.9 Å². The molecule has 0 aromatic heterocycles. The van der Waals surface area contributed by atoms with Crippen molar-refractivity contribution in [1.29, 1.82) is 0 Å². The molecule has 3 aromatic carbocycles. The SMILES string of the molecule is CC(=O)NC1C(OCCCCCCNC(=O)CC(=O)NCOC(C)C)OC(CNC(=O)c2ccc(N3CCOCC3)cc2)C(O)C1O.CC(=O)NC1C(OCCCCCCNC(=O)CC(=O)NCOC(C)C)OC(CNC(=O)c2ccc(Oc3ccccc3)cc2)C(O)C1O. The predicted octanol–water partition coefficient (Wildman–Crippen LogP) is 1.53. The van der Waals surface area contributed by atoms with Crippen molar-refractivity contribution in [3.63, 3.8) is 0 Å². The molecule has 3 aliphatic heterocycles. The maximum Gasteiger partial charge on any atom is 0.251 e. The second-order valence-corrected chi connectivity index (χ2v) is 23.5. The van der Waals surface area contributed by atoms with E-state index in [1.165, 1.54) is 13.8 Å². The number of nitrogens with zero attached hydrogens (tertiary/aromatic N) is 1. The number of aliphatic hydroxyl groups is 4. The van der Waals surface area contributed by atoms with Crippen LogP contribution in [0, 0.1) is 0 Å². The smallest absolute Gasteiger partial charge is 0.251 e. The first-order valence-corrected chi connectivity index (χ1v) is 32.5. The molecule has 95 heavy (non-hydrogen) atoms. The highest BCUT2D eigenvalue weighted by Gasteiger charge is 2.47. The third-order valence-corrected chi connectivity index (χ3v) is 15.0. The third kappa shape index (κ3) is 29.6. The van der Waals surface area contributed by atoms with Crippen LogP contribution in [0.2, 0.25) is 0 Å². The van der Waals surface area contributed by atoms with Gasteiger partial charge in [-0.1, -0.05) is 43.9 Å². The zero-order valence-corrected chi connectivity index (χ0v) is 55.3. The number of rotatable bonds is 37. The molecule has 8 amide bonds. The fraction of sp³-hybridized carbons (Fsp3) is 0.606. The number of nitrogens with one attached hydrogen (secondary N) is 8. The van der Waals surface area contributed by atoms with Crippen molar-refractivity contribution in [2.45, 2.75) is 179 Å². The summed E-state index contributed by atoms with van der Waals surface area (Å²) in [6.45, 7) is 14.1. The van der Waals surface area contributed by atoms with E-state index < -0.39 is 90.8 Å².